The minimum Gasteiger partial charge on any atom is -0.289 e. The molecule has 7 heteroatoms. The molecule has 2 aromatic rings. The van der Waals surface area contributed by atoms with Gasteiger partial charge in [-0.05, 0) is 24.3 Å². The number of carbonyl (C=O) groups is 2. The molecule has 0 unspecified atom stereocenters. The topological polar surface area (TPSA) is 101 Å². The highest BCUT2D eigenvalue weighted by Gasteiger charge is 2.17. The summed E-state index contributed by atoms with van der Waals surface area (Å²) in [5.74, 6) is -1.40. The Balaban J connectivity index is 2.16. The van der Waals surface area contributed by atoms with Crippen molar-refractivity contribution in [2.24, 2.45) is 0 Å². The fraction of sp³-hybridized carbons (Fsp3) is 0.125. The van der Waals surface area contributed by atoms with E-state index in [1.807, 2.05) is 0 Å². The predicted octanol–water partition coefficient (Wildman–Crippen LogP) is 1.59. The van der Waals surface area contributed by atoms with Crippen molar-refractivity contribution >= 4 is 21.5 Å². The third-order valence-electron chi connectivity index (χ3n) is 3.23. The van der Waals surface area contributed by atoms with Crippen LogP contribution >= 0.6 is 0 Å². The van der Waals surface area contributed by atoms with Crippen LogP contribution in [0.3, 0.4) is 0 Å². The summed E-state index contributed by atoms with van der Waals surface area (Å²) in [4.78, 5) is 23.2. The number of sulfone groups is 1. The van der Waals surface area contributed by atoms with Crippen LogP contribution in [0.5, 0.6) is 0 Å². The van der Waals surface area contributed by atoms with Gasteiger partial charge >= 0.3 is 0 Å². The fourth-order valence-corrected chi connectivity index (χ4v) is 3.21. The van der Waals surface area contributed by atoms with E-state index in [-0.39, 0.29) is 17.1 Å². The second-order valence-corrected chi connectivity index (χ2v) is 6.93. The minimum absolute atomic E-state index is 0.0212. The normalized spacial score (nSPS) is 11.0. The molecule has 0 aliphatic rings. The van der Waals surface area contributed by atoms with Gasteiger partial charge < -0.3 is 0 Å². The molecule has 0 spiro atoms. The maximum Gasteiger partial charge on any atom is 0.244 e. The Bertz CT molecular complexity index is 798. The van der Waals surface area contributed by atoms with Crippen molar-refractivity contribution < 1.29 is 23.2 Å². The van der Waals surface area contributed by atoms with E-state index in [9.17, 15) is 18.0 Å². The molecular weight excluding hydrogens is 318 g/mol. The van der Waals surface area contributed by atoms with Crippen molar-refractivity contribution in [3.8, 4) is 0 Å². The van der Waals surface area contributed by atoms with E-state index < -0.39 is 21.5 Å². The van der Waals surface area contributed by atoms with E-state index >= 15 is 0 Å². The number of amides is 1. The molecule has 0 aromatic heterocycles. The number of nitrogens with one attached hydrogen (secondary N) is 1. The van der Waals surface area contributed by atoms with E-state index in [0.717, 1.165) is 0 Å². The van der Waals surface area contributed by atoms with Gasteiger partial charge in [-0.15, -0.1) is 0 Å². The SMILES string of the molecule is O=C(CCS(=O)(=O)c1ccc(C(=O)c2ccccc2)cc1)NO. The van der Waals surface area contributed by atoms with Gasteiger partial charge in [-0.3, -0.25) is 14.8 Å². The lowest BCUT2D eigenvalue weighted by molar-refractivity contribution is -0.128. The Kier molecular flexibility index (Phi) is 5.25. The van der Waals surface area contributed by atoms with Gasteiger partial charge in [-0.2, -0.15) is 0 Å². The number of hydroxylamine groups is 1. The van der Waals surface area contributed by atoms with Crippen molar-refractivity contribution in [1.29, 1.82) is 0 Å². The highest BCUT2D eigenvalue weighted by atomic mass is 32.2. The van der Waals surface area contributed by atoms with Crippen LogP contribution in [-0.4, -0.2) is 31.1 Å². The zero-order valence-electron chi connectivity index (χ0n) is 12.1. The average Bonchev–Trinajstić information content (AvgIpc) is 2.60. The van der Waals surface area contributed by atoms with Crippen LogP contribution in [0.1, 0.15) is 22.3 Å². The molecule has 2 rings (SSSR count). The lowest BCUT2D eigenvalue weighted by Crippen LogP contribution is -2.22. The van der Waals surface area contributed by atoms with E-state index in [0.29, 0.717) is 11.1 Å². The van der Waals surface area contributed by atoms with E-state index in [4.69, 9.17) is 5.21 Å². The van der Waals surface area contributed by atoms with Crippen LogP contribution in [0.15, 0.2) is 59.5 Å². The summed E-state index contributed by atoms with van der Waals surface area (Å²) in [7, 11) is -3.66. The number of ketones is 1. The zero-order valence-corrected chi connectivity index (χ0v) is 12.9. The lowest BCUT2D eigenvalue weighted by atomic mass is 10.0. The first-order valence-corrected chi connectivity index (χ1v) is 8.45. The van der Waals surface area contributed by atoms with Gasteiger partial charge in [0.1, 0.15) is 0 Å². The third-order valence-corrected chi connectivity index (χ3v) is 4.97. The summed E-state index contributed by atoms with van der Waals surface area (Å²) in [6.45, 7) is 0. The smallest absolute Gasteiger partial charge is 0.244 e. The van der Waals surface area contributed by atoms with Crippen molar-refractivity contribution in [3.05, 3.63) is 65.7 Å². The van der Waals surface area contributed by atoms with Crippen LogP contribution in [0.25, 0.3) is 0 Å². The average molecular weight is 333 g/mol. The van der Waals surface area contributed by atoms with Crippen molar-refractivity contribution in [2.75, 3.05) is 5.75 Å². The van der Waals surface area contributed by atoms with Crippen LogP contribution in [0.2, 0.25) is 0 Å². The second-order valence-electron chi connectivity index (χ2n) is 4.82. The maximum atomic E-state index is 12.2. The molecule has 0 saturated carbocycles. The van der Waals surface area contributed by atoms with Gasteiger partial charge in [0.05, 0.1) is 10.6 Å². The fourth-order valence-electron chi connectivity index (χ4n) is 1.97. The Labute approximate surface area is 133 Å². The Morgan fingerprint density at radius 2 is 1.48 bits per heavy atom. The molecule has 0 aliphatic heterocycles. The molecule has 6 nitrogen and oxygen atoms in total. The summed E-state index contributed by atoms with van der Waals surface area (Å²) >= 11 is 0. The molecule has 0 radical (unpaired) electrons. The first kappa shape index (κ1) is 16.9. The highest BCUT2D eigenvalue weighted by molar-refractivity contribution is 7.91. The van der Waals surface area contributed by atoms with Crippen LogP contribution < -0.4 is 5.48 Å². The maximum absolute atomic E-state index is 12.2. The summed E-state index contributed by atoms with van der Waals surface area (Å²) in [5.41, 5.74) is 2.28. The van der Waals surface area contributed by atoms with Gasteiger partial charge in [-0.25, -0.2) is 13.9 Å². The molecular formula is C16H15NO5S. The number of benzene rings is 2. The predicted molar refractivity (Wildman–Crippen MR) is 82.9 cm³/mol. The highest BCUT2D eigenvalue weighted by Crippen LogP contribution is 2.16. The number of rotatable bonds is 6. The lowest BCUT2D eigenvalue weighted by Gasteiger charge is -2.05. The summed E-state index contributed by atoms with van der Waals surface area (Å²) in [6.07, 6.45) is -0.344. The number of carbonyl (C=O) groups excluding carboxylic acids is 2. The standard InChI is InChI=1S/C16H15NO5S/c18-15(17-20)10-11-23(21,22)14-8-6-13(7-9-14)16(19)12-4-2-1-3-5-12/h1-9,20H,10-11H2,(H,17,18). The van der Waals surface area contributed by atoms with Crippen LogP contribution in [0.4, 0.5) is 0 Å². The van der Waals surface area contributed by atoms with Crippen molar-refractivity contribution in [3.63, 3.8) is 0 Å². The molecule has 2 aromatic carbocycles. The monoisotopic (exact) mass is 333 g/mol. The van der Waals surface area contributed by atoms with Gasteiger partial charge in [0.25, 0.3) is 0 Å². The van der Waals surface area contributed by atoms with Crippen LogP contribution in [0, 0.1) is 0 Å². The molecule has 0 bridgehead atoms. The molecule has 0 fully saturated rings. The van der Waals surface area contributed by atoms with Gasteiger partial charge in [0.15, 0.2) is 15.6 Å². The third kappa shape index (κ3) is 4.24. The largest absolute Gasteiger partial charge is 0.289 e. The Morgan fingerprint density at radius 3 is 2.04 bits per heavy atom. The van der Waals surface area contributed by atoms with Crippen LogP contribution in [-0.2, 0) is 14.6 Å². The minimum atomic E-state index is -3.66. The number of hydrogen-bond acceptors (Lipinski definition) is 5. The van der Waals surface area contributed by atoms with E-state index in [1.54, 1.807) is 30.3 Å². The van der Waals surface area contributed by atoms with E-state index in [2.05, 4.69) is 0 Å². The molecule has 23 heavy (non-hydrogen) atoms. The molecule has 0 saturated heterocycles. The summed E-state index contributed by atoms with van der Waals surface area (Å²) in [5, 5.41) is 8.38. The van der Waals surface area contributed by atoms with E-state index in [1.165, 1.54) is 29.7 Å². The molecule has 0 atom stereocenters. The number of hydrogen-bond donors (Lipinski definition) is 2. The quantitative estimate of drug-likeness (QED) is 0.475. The van der Waals surface area contributed by atoms with Crippen molar-refractivity contribution in [1.82, 2.24) is 5.48 Å². The zero-order chi connectivity index (χ0) is 16.9. The molecule has 120 valence electrons. The molecule has 1 amide bonds. The molecule has 2 N–H and O–H groups in total. The summed E-state index contributed by atoms with van der Waals surface area (Å²) in [6, 6.07) is 14.2. The van der Waals surface area contributed by atoms with Gasteiger partial charge in [0.2, 0.25) is 5.91 Å². The first-order valence-electron chi connectivity index (χ1n) is 6.79. The Morgan fingerprint density at radius 1 is 0.913 bits per heavy atom. The van der Waals surface area contributed by atoms with Gasteiger partial charge in [-0.1, -0.05) is 30.3 Å². The Hall–Kier alpha value is -2.51. The van der Waals surface area contributed by atoms with Crippen molar-refractivity contribution in [2.45, 2.75) is 11.3 Å². The van der Waals surface area contributed by atoms with Gasteiger partial charge in [0, 0.05) is 17.5 Å². The second kappa shape index (κ2) is 7.17. The first-order chi connectivity index (χ1) is 10.9. The molecule has 0 aliphatic carbocycles. The summed E-state index contributed by atoms with van der Waals surface area (Å²) < 4.78 is 24.1. The molecule has 0 heterocycles.